The van der Waals surface area contributed by atoms with Gasteiger partial charge in [-0.25, -0.2) is 0 Å². The SMILES string of the molecule is CNC(c1cn(C)nc1C)c1ccc(C)c(C)c1OC. The molecule has 1 unspecified atom stereocenters. The zero-order valence-corrected chi connectivity index (χ0v) is 13.1. The van der Waals surface area contributed by atoms with Gasteiger partial charge in [0.15, 0.2) is 0 Å². The molecular weight excluding hydrogens is 250 g/mol. The fourth-order valence-corrected chi connectivity index (χ4v) is 2.69. The second kappa shape index (κ2) is 5.67. The van der Waals surface area contributed by atoms with Crippen molar-refractivity contribution in [3.8, 4) is 5.75 Å². The molecule has 0 spiro atoms. The van der Waals surface area contributed by atoms with Gasteiger partial charge < -0.3 is 10.1 Å². The smallest absolute Gasteiger partial charge is 0.127 e. The molecule has 2 aromatic rings. The van der Waals surface area contributed by atoms with Gasteiger partial charge in [0.05, 0.1) is 18.8 Å². The van der Waals surface area contributed by atoms with Gasteiger partial charge in [0, 0.05) is 24.4 Å². The quantitative estimate of drug-likeness (QED) is 0.931. The molecular formula is C16H23N3O. The molecule has 0 bridgehead atoms. The van der Waals surface area contributed by atoms with Crippen LogP contribution >= 0.6 is 0 Å². The van der Waals surface area contributed by atoms with Gasteiger partial charge in [0.25, 0.3) is 0 Å². The highest BCUT2D eigenvalue weighted by Gasteiger charge is 2.21. The number of rotatable bonds is 4. The number of hydrogen-bond donors (Lipinski definition) is 1. The molecule has 0 aliphatic heterocycles. The number of methoxy groups -OCH3 is 1. The highest BCUT2D eigenvalue weighted by molar-refractivity contribution is 5.49. The third kappa shape index (κ3) is 2.43. The Labute approximate surface area is 120 Å². The first kappa shape index (κ1) is 14.6. The minimum Gasteiger partial charge on any atom is -0.496 e. The number of benzene rings is 1. The molecule has 0 saturated heterocycles. The molecule has 20 heavy (non-hydrogen) atoms. The molecule has 0 aliphatic carbocycles. The minimum atomic E-state index is 0.0814. The first-order valence-electron chi connectivity index (χ1n) is 6.81. The summed E-state index contributed by atoms with van der Waals surface area (Å²) in [6.07, 6.45) is 2.06. The van der Waals surface area contributed by atoms with E-state index in [-0.39, 0.29) is 6.04 Å². The van der Waals surface area contributed by atoms with Crippen LogP contribution < -0.4 is 10.1 Å². The molecule has 1 aromatic carbocycles. The van der Waals surface area contributed by atoms with Crippen LogP contribution in [0.3, 0.4) is 0 Å². The lowest BCUT2D eigenvalue weighted by Crippen LogP contribution is -2.19. The summed E-state index contributed by atoms with van der Waals surface area (Å²) in [5, 5.41) is 7.81. The third-order valence-corrected chi connectivity index (χ3v) is 3.87. The minimum absolute atomic E-state index is 0.0814. The van der Waals surface area contributed by atoms with E-state index in [4.69, 9.17) is 4.74 Å². The molecule has 0 aliphatic rings. The molecule has 0 fully saturated rings. The Kier molecular flexibility index (Phi) is 4.14. The summed E-state index contributed by atoms with van der Waals surface area (Å²) in [6, 6.07) is 4.36. The Balaban J connectivity index is 2.58. The van der Waals surface area contributed by atoms with Gasteiger partial charge in [-0.3, -0.25) is 4.68 Å². The molecule has 1 aromatic heterocycles. The van der Waals surface area contributed by atoms with E-state index in [1.165, 1.54) is 16.7 Å². The van der Waals surface area contributed by atoms with Crippen LogP contribution in [0.15, 0.2) is 18.3 Å². The fourth-order valence-electron chi connectivity index (χ4n) is 2.69. The van der Waals surface area contributed by atoms with E-state index in [9.17, 15) is 0 Å². The lowest BCUT2D eigenvalue weighted by Gasteiger charge is -2.21. The Morgan fingerprint density at radius 1 is 1.20 bits per heavy atom. The lowest BCUT2D eigenvalue weighted by atomic mass is 9.94. The topological polar surface area (TPSA) is 39.1 Å². The van der Waals surface area contributed by atoms with E-state index in [0.717, 1.165) is 17.0 Å². The van der Waals surface area contributed by atoms with Gasteiger partial charge in [0.1, 0.15) is 5.75 Å². The van der Waals surface area contributed by atoms with Crippen molar-refractivity contribution in [1.82, 2.24) is 15.1 Å². The van der Waals surface area contributed by atoms with Crippen LogP contribution in [0.25, 0.3) is 0 Å². The Morgan fingerprint density at radius 2 is 1.90 bits per heavy atom. The lowest BCUT2D eigenvalue weighted by molar-refractivity contribution is 0.402. The van der Waals surface area contributed by atoms with E-state index in [1.807, 2.05) is 25.7 Å². The van der Waals surface area contributed by atoms with Gasteiger partial charge in [-0.2, -0.15) is 5.10 Å². The first-order chi connectivity index (χ1) is 9.49. The van der Waals surface area contributed by atoms with Crippen molar-refractivity contribution in [2.75, 3.05) is 14.2 Å². The van der Waals surface area contributed by atoms with E-state index in [1.54, 1.807) is 7.11 Å². The maximum Gasteiger partial charge on any atom is 0.127 e. The average molecular weight is 273 g/mol. The molecule has 0 saturated carbocycles. The highest BCUT2D eigenvalue weighted by Crippen LogP contribution is 2.34. The normalized spacial score (nSPS) is 12.5. The predicted molar refractivity (Wildman–Crippen MR) is 81.3 cm³/mol. The van der Waals surface area contributed by atoms with Crippen LogP contribution in [0, 0.1) is 20.8 Å². The second-order valence-corrected chi connectivity index (χ2v) is 5.20. The molecule has 0 radical (unpaired) electrons. The van der Waals surface area contributed by atoms with Gasteiger partial charge in [0.2, 0.25) is 0 Å². The van der Waals surface area contributed by atoms with Crippen molar-refractivity contribution in [3.05, 3.63) is 46.3 Å². The van der Waals surface area contributed by atoms with Crippen LogP contribution in [0.5, 0.6) is 5.75 Å². The summed E-state index contributed by atoms with van der Waals surface area (Å²) in [6.45, 7) is 6.24. The van der Waals surface area contributed by atoms with Crippen molar-refractivity contribution in [3.63, 3.8) is 0 Å². The van der Waals surface area contributed by atoms with Crippen LogP contribution in [-0.4, -0.2) is 23.9 Å². The van der Waals surface area contributed by atoms with Crippen molar-refractivity contribution in [1.29, 1.82) is 0 Å². The molecule has 4 heteroatoms. The van der Waals surface area contributed by atoms with E-state index < -0.39 is 0 Å². The maximum absolute atomic E-state index is 5.64. The number of hydrogen-bond acceptors (Lipinski definition) is 3. The van der Waals surface area contributed by atoms with Crippen LogP contribution in [-0.2, 0) is 7.05 Å². The summed E-state index contributed by atoms with van der Waals surface area (Å²) >= 11 is 0. The predicted octanol–water partition coefficient (Wildman–Crippen LogP) is 2.66. The Morgan fingerprint density at radius 3 is 2.40 bits per heavy atom. The summed E-state index contributed by atoms with van der Waals surface area (Å²) in [7, 11) is 5.64. The monoisotopic (exact) mass is 273 g/mol. The molecule has 1 N–H and O–H groups in total. The fraction of sp³-hybridized carbons (Fsp3) is 0.438. The maximum atomic E-state index is 5.64. The summed E-state index contributed by atoms with van der Waals surface area (Å²) < 4.78 is 7.49. The summed E-state index contributed by atoms with van der Waals surface area (Å²) in [4.78, 5) is 0. The largest absolute Gasteiger partial charge is 0.496 e. The Bertz CT molecular complexity index is 616. The summed E-state index contributed by atoms with van der Waals surface area (Å²) in [5.74, 6) is 0.951. The van der Waals surface area contributed by atoms with E-state index >= 15 is 0 Å². The zero-order valence-electron chi connectivity index (χ0n) is 13.1. The number of aryl methyl sites for hydroxylation is 3. The van der Waals surface area contributed by atoms with Gasteiger partial charge in [-0.05, 0) is 38.9 Å². The molecule has 4 nitrogen and oxygen atoms in total. The number of nitrogens with zero attached hydrogens (tertiary/aromatic N) is 2. The van der Waals surface area contributed by atoms with Crippen LogP contribution in [0.4, 0.5) is 0 Å². The molecule has 2 rings (SSSR count). The number of nitrogens with one attached hydrogen (secondary N) is 1. The van der Waals surface area contributed by atoms with Crippen molar-refractivity contribution in [2.45, 2.75) is 26.8 Å². The van der Waals surface area contributed by atoms with Gasteiger partial charge >= 0.3 is 0 Å². The van der Waals surface area contributed by atoms with Gasteiger partial charge in [-0.1, -0.05) is 12.1 Å². The van der Waals surface area contributed by atoms with E-state index in [0.29, 0.717) is 0 Å². The third-order valence-electron chi connectivity index (χ3n) is 3.87. The molecule has 0 amide bonds. The standard InChI is InChI=1S/C16H23N3O/c1-10-7-8-13(16(20-6)11(10)2)15(17-4)14-9-19(5)18-12(14)3/h7-9,15,17H,1-6H3. The number of aromatic nitrogens is 2. The zero-order chi connectivity index (χ0) is 14.9. The highest BCUT2D eigenvalue weighted by atomic mass is 16.5. The average Bonchev–Trinajstić information content (AvgIpc) is 2.74. The first-order valence-corrected chi connectivity index (χ1v) is 6.81. The molecule has 1 heterocycles. The summed E-state index contributed by atoms with van der Waals surface area (Å²) in [5.41, 5.74) is 5.79. The van der Waals surface area contributed by atoms with E-state index in [2.05, 4.69) is 42.6 Å². The number of ether oxygens (including phenoxy) is 1. The van der Waals surface area contributed by atoms with Gasteiger partial charge in [-0.15, -0.1) is 0 Å². The van der Waals surface area contributed by atoms with Crippen LogP contribution in [0.2, 0.25) is 0 Å². The van der Waals surface area contributed by atoms with Crippen molar-refractivity contribution in [2.24, 2.45) is 7.05 Å². The van der Waals surface area contributed by atoms with Crippen LogP contribution in [0.1, 0.15) is 34.0 Å². The van der Waals surface area contributed by atoms with Crippen molar-refractivity contribution >= 4 is 0 Å². The second-order valence-electron chi connectivity index (χ2n) is 5.20. The molecule has 108 valence electrons. The van der Waals surface area contributed by atoms with Crippen molar-refractivity contribution < 1.29 is 4.74 Å². The molecule has 1 atom stereocenters. The Hall–Kier alpha value is -1.81.